The summed E-state index contributed by atoms with van der Waals surface area (Å²) >= 11 is 0. The lowest BCUT2D eigenvalue weighted by Crippen LogP contribution is -2.25. The number of phenols is 1. The van der Waals surface area contributed by atoms with Crippen LogP contribution in [0.3, 0.4) is 0 Å². The molecular weight excluding hydrogens is 382 g/mol. The van der Waals surface area contributed by atoms with E-state index in [9.17, 15) is 0 Å². The van der Waals surface area contributed by atoms with Gasteiger partial charge in [-0.3, -0.25) is 4.90 Å². The van der Waals surface area contributed by atoms with E-state index < -0.39 is 0 Å². The molecule has 0 spiro atoms. The first-order valence-corrected chi connectivity index (χ1v) is 11.6. The van der Waals surface area contributed by atoms with Gasteiger partial charge in [-0.2, -0.15) is 0 Å². The van der Waals surface area contributed by atoms with Crippen LogP contribution >= 0.6 is 0 Å². The summed E-state index contributed by atoms with van der Waals surface area (Å²) in [6.07, 6.45) is 4.71. The van der Waals surface area contributed by atoms with Crippen molar-refractivity contribution in [2.24, 2.45) is 0 Å². The third-order valence-corrected chi connectivity index (χ3v) is 6.92. The predicted molar refractivity (Wildman–Crippen MR) is 125 cm³/mol. The van der Waals surface area contributed by atoms with Gasteiger partial charge in [0, 0.05) is 12.5 Å². The Labute approximate surface area is 186 Å². The van der Waals surface area contributed by atoms with Gasteiger partial charge in [0.25, 0.3) is 1.43 Å². The summed E-state index contributed by atoms with van der Waals surface area (Å²) in [7, 11) is 0. The molecular formula is C28H31NO2. The van der Waals surface area contributed by atoms with Crippen LogP contribution in [0, 0.1) is 0 Å². The highest BCUT2D eigenvalue weighted by atomic mass is 16.5. The van der Waals surface area contributed by atoms with Gasteiger partial charge in [-0.15, -0.1) is 0 Å². The minimum absolute atomic E-state index is 0.277. The summed E-state index contributed by atoms with van der Waals surface area (Å²) < 4.78 is 13.3. The Morgan fingerprint density at radius 2 is 1.74 bits per heavy atom. The molecule has 3 heteroatoms. The maximum atomic E-state index is 7.27. The van der Waals surface area contributed by atoms with Crippen molar-refractivity contribution >= 4 is 0 Å². The fraction of sp³-hybridized carbons (Fsp3) is 0.357. The Balaban J connectivity index is 1.39. The van der Waals surface area contributed by atoms with Gasteiger partial charge in [0.15, 0.2) is 0 Å². The van der Waals surface area contributed by atoms with Crippen LogP contribution in [0.2, 0.25) is 0 Å². The summed E-state index contributed by atoms with van der Waals surface area (Å²) in [5.74, 6) is 2.26. The average molecular weight is 415 g/mol. The van der Waals surface area contributed by atoms with Crippen molar-refractivity contribution in [3.8, 4) is 11.5 Å². The Kier molecular flexibility index (Phi) is 5.59. The molecule has 0 aromatic heterocycles. The third kappa shape index (κ3) is 4.47. The molecule has 0 bridgehead atoms. The molecule has 0 unspecified atom stereocenters. The number of phenolic OH excluding ortho intramolecular Hbond substituents is 1. The molecule has 0 amide bonds. The molecule has 31 heavy (non-hydrogen) atoms. The minimum atomic E-state index is 0.277. The van der Waals surface area contributed by atoms with Crippen molar-refractivity contribution < 1.29 is 9.85 Å². The first kappa shape index (κ1) is 18.9. The molecule has 3 aromatic rings. The van der Waals surface area contributed by atoms with Crippen LogP contribution in [-0.2, 0) is 6.42 Å². The van der Waals surface area contributed by atoms with Crippen LogP contribution < -0.4 is 4.74 Å². The second kappa shape index (κ2) is 9.15. The van der Waals surface area contributed by atoms with Crippen LogP contribution in [-0.4, -0.2) is 37.7 Å². The number of aryl methyl sites for hydroxylation is 1. The van der Waals surface area contributed by atoms with E-state index in [2.05, 4.69) is 65.6 Å². The number of hydrogen-bond donors (Lipinski definition) is 1. The van der Waals surface area contributed by atoms with E-state index in [4.69, 9.17) is 11.3 Å². The molecule has 0 saturated carbocycles. The van der Waals surface area contributed by atoms with E-state index in [1.165, 1.54) is 48.2 Å². The van der Waals surface area contributed by atoms with E-state index in [1.54, 1.807) is 0 Å². The number of ether oxygens (including phenoxy) is 1. The van der Waals surface area contributed by atoms with Gasteiger partial charge >= 0.3 is 0 Å². The monoisotopic (exact) mass is 414 g/mol. The van der Waals surface area contributed by atoms with Crippen molar-refractivity contribution in [2.75, 3.05) is 26.2 Å². The first-order valence-electron chi connectivity index (χ1n) is 12.0. The van der Waals surface area contributed by atoms with Crippen molar-refractivity contribution in [2.45, 2.75) is 37.5 Å². The molecule has 3 aromatic carbocycles. The Morgan fingerprint density at radius 1 is 0.935 bits per heavy atom. The van der Waals surface area contributed by atoms with Crippen LogP contribution in [0.1, 0.15) is 53.4 Å². The lowest BCUT2D eigenvalue weighted by molar-refractivity contribution is 0.237. The molecule has 0 radical (unpaired) electrons. The molecule has 1 N–H and O–H groups in total. The van der Waals surface area contributed by atoms with Crippen molar-refractivity contribution in [3.05, 3.63) is 95.1 Å². The van der Waals surface area contributed by atoms with E-state index in [1.807, 2.05) is 12.1 Å². The number of likely N-dealkylation sites (tertiary alicyclic amines) is 1. The molecule has 2 aliphatic rings. The summed E-state index contributed by atoms with van der Waals surface area (Å²) in [5, 5.41) is 4.75. The van der Waals surface area contributed by atoms with E-state index in [0.29, 0.717) is 11.7 Å². The molecule has 1 aliphatic heterocycles. The van der Waals surface area contributed by atoms with Crippen molar-refractivity contribution in [3.63, 3.8) is 0 Å². The van der Waals surface area contributed by atoms with Crippen LogP contribution in [0.4, 0.5) is 0 Å². The zero-order chi connectivity index (χ0) is 21.8. The number of benzene rings is 3. The highest BCUT2D eigenvalue weighted by Gasteiger charge is 2.32. The van der Waals surface area contributed by atoms with Gasteiger partial charge in [-0.25, -0.2) is 0 Å². The fourth-order valence-electron chi connectivity index (χ4n) is 5.34. The van der Waals surface area contributed by atoms with Crippen molar-refractivity contribution in [1.82, 2.24) is 4.90 Å². The number of fused-ring (bicyclic) bond motifs is 1. The topological polar surface area (TPSA) is 32.7 Å². The highest BCUT2D eigenvalue weighted by molar-refractivity contribution is 5.48. The van der Waals surface area contributed by atoms with E-state index in [0.717, 1.165) is 31.7 Å². The van der Waals surface area contributed by atoms with E-state index in [-0.39, 0.29) is 5.92 Å². The second-order valence-corrected chi connectivity index (χ2v) is 8.86. The maximum absolute atomic E-state index is 7.27. The van der Waals surface area contributed by atoms with Gasteiger partial charge in [-0.1, -0.05) is 48.5 Å². The van der Waals surface area contributed by atoms with Crippen LogP contribution in [0.25, 0.3) is 0 Å². The van der Waals surface area contributed by atoms with Gasteiger partial charge < -0.3 is 9.85 Å². The van der Waals surface area contributed by atoms with Crippen LogP contribution in [0.15, 0.2) is 72.8 Å². The molecule has 3 nitrogen and oxygen atoms in total. The van der Waals surface area contributed by atoms with Gasteiger partial charge in [0.2, 0.25) is 0 Å². The molecule has 1 heterocycles. The van der Waals surface area contributed by atoms with Crippen molar-refractivity contribution in [1.29, 1.82) is 1.43 Å². The largest absolute Gasteiger partial charge is 0.508 e. The normalized spacial score (nSPS) is 21.4. The number of hydrogen-bond acceptors (Lipinski definition) is 3. The second-order valence-electron chi connectivity index (χ2n) is 8.86. The summed E-state index contributed by atoms with van der Waals surface area (Å²) in [5.41, 5.74) is 5.33. The Morgan fingerprint density at radius 3 is 2.52 bits per heavy atom. The molecule has 1 fully saturated rings. The molecule has 160 valence electrons. The average Bonchev–Trinajstić information content (AvgIpc) is 3.37. The molecule has 2 atom stereocenters. The predicted octanol–water partition coefficient (Wildman–Crippen LogP) is 5.73. The maximum Gasteiger partial charge on any atom is 0.293 e. The summed E-state index contributed by atoms with van der Waals surface area (Å²) in [4.78, 5) is 2.48. The number of rotatable bonds is 7. The van der Waals surface area contributed by atoms with Gasteiger partial charge in [0.1, 0.15) is 18.1 Å². The first-order chi connectivity index (χ1) is 15.8. The SMILES string of the molecule is [2H]Oc1ccc2c(c1)CC[C@H](c1ccccc1)[C@@H]2c1ccc(OCCN2CCCC2)cc1. The lowest BCUT2D eigenvalue weighted by atomic mass is 9.69. The molecule has 1 saturated heterocycles. The zero-order valence-electron chi connectivity index (χ0n) is 19.0. The molecule has 5 rings (SSSR count). The number of nitrogens with zero attached hydrogens (tertiary/aromatic N) is 1. The fourth-order valence-corrected chi connectivity index (χ4v) is 5.34. The Hall–Kier alpha value is -2.78. The summed E-state index contributed by atoms with van der Waals surface area (Å²) in [6.45, 7) is 4.16. The molecule has 1 aliphatic carbocycles. The zero-order valence-corrected chi connectivity index (χ0v) is 18.0. The highest BCUT2D eigenvalue weighted by Crippen LogP contribution is 2.47. The Bertz CT molecular complexity index is 1020. The smallest absolute Gasteiger partial charge is 0.293 e. The van der Waals surface area contributed by atoms with Gasteiger partial charge in [0.05, 0.1) is 0 Å². The standard InChI is InChI=1S/C28H31NO2/c30-24-11-15-27-23(20-24)10-14-26(21-6-2-1-3-7-21)28(27)22-8-12-25(13-9-22)31-19-18-29-16-4-5-17-29/h1-3,6-9,11-13,15,20,26,28,30H,4-5,10,14,16-19H2/t26-,28+/m1/s1/i/hD. The third-order valence-electron chi connectivity index (χ3n) is 6.92. The van der Waals surface area contributed by atoms with E-state index >= 15 is 0 Å². The van der Waals surface area contributed by atoms with Crippen LogP contribution in [0.5, 0.6) is 11.5 Å². The summed E-state index contributed by atoms with van der Waals surface area (Å²) in [6, 6.07) is 25.7. The van der Waals surface area contributed by atoms with Gasteiger partial charge in [-0.05, 0) is 91.2 Å². The quantitative estimate of drug-likeness (QED) is 0.536. The lowest BCUT2D eigenvalue weighted by Gasteiger charge is -2.35. The minimum Gasteiger partial charge on any atom is -0.508 e. The number of aromatic hydroxyl groups is 1.